The highest BCUT2D eigenvalue weighted by atomic mass is 32.2. The van der Waals surface area contributed by atoms with Crippen LogP contribution in [0.5, 0.6) is 0 Å². The summed E-state index contributed by atoms with van der Waals surface area (Å²) in [6, 6.07) is 67.4. The van der Waals surface area contributed by atoms with Gasteiger partial charge in [0.1, 0.15) is 0 Å². The van der Waals surface area contributed by atoms with Crippen molar-refractivity contribution in [2.24, 2.45) is 0 Å². The zero-order valence-electron chi connectivity index (χ0n) is 31.2. The molecule has 260 valence electrons. The number of rotatable bonds is 4. The van der Waals surface area contributed by atoms with Crippen LogP contribution in [0.4, 0.5) is 17.1 Å². The third kappa shape index (κ3) is 4.75. The predicted molar refractivity (Wildman–Crippen MR) is 239 cm³/mol. The Bertz CT molecular complexity index is 2780. The molecule has 8 aromatic rings. The van der Waals surface area contributed by atoms with Crippen LogP contribution in [0.3, 0.4) is 0 Å². The van der Waals surface area contributed by atoms with Crippen molar-refractivity contribution in [3.05, 3.63) is 193 Å². The molecule has 8 aromatic carbocycles. The van der Waals surface area contributed by atoms with Gasteiger partial charge in [0.05, 0.1) is 5.69 Å². The standard InChI is InChI=1S/C51H38BNSSi/c1-33-21-25-37(26-22-33)55(38-27-23-34(2)24-28-38)49-20-12-8-16-40(49)41-31-45-43(32-50(41)55)52-42-17-9-11-19-47(42)54-48-30-35(3)29-46(51(48)52)53(45)44-18-10-7-15-39(44)36-13-5-4-6-14-36/h4-32H,1-3H3. The number of nitrogens with zero attached hydrogens (tertiary/aromatic N) is 1. The molecule has 0 saturated carbocycles. The highest BCUT2D eigenvalue weighted by Crippen LogP contribution is 2.46. The maximum Gasteiger partial charge on any atom is 0.249 e. The van der Waals surface area contributed by atoms with Crippen LogP contribution in [0, 0.1) is 20.8 Å². The average molecular weight is 736 g/mol. The molecule has 3 heterocycles. The van der Waals surface area contributed by atoms with E-state index in [4.69, 9.17) is 0 Å². The fraction of sp³-hybridized carbons (Fsp3) is 0.0588. The van der Waals surface area contributed by atoms with Crippen molar-refractivity contribution in [1.82, 2.24) is 0 Å². The van der Waals surface area contributed by atoms with Gasteiger partial charge in [-0.15, -0.1) is 0 Å². The van der Waals surface area contributed by atoms with Gasteiger partial charge in [0.2, 0.25) is 6.71 Å². The molecule has 0 N–H and O–H groups in total. The lowest BCUT2D eigenvalue weighted by molar-refractivity contribution is 1.25. The molecule has 0 radical (unpaired) electrons. The molecule has 0 spiro atoms. The fourth-order valence-corrected chi connectivity index (χ4v) is 16.2. The second kappa shape index (κ2) is 12.4. The molecule has 0 unspecified atom stereocenters. The summed E-state index contributed by atoms with van der Waals surface area (Å²) < 4.78 is 0. The molecule has 4 heteroatoms. The predicted octanol–water partition coefficient (Wildman–Crippen LogP) is 8.40. The van der Waals surface area contributed by atoms with Gasteiger partial charge in [0, 0.05) is 26.7 Å². The summed E-state index contributed by atoms with van der Waals surface area (Å²) in [7, 11) is -2.75. The van der Waals surface area contributed by atoms with Crippen molar-refractivity contribution in [3.8, 4) is 22.3 Å². The van der Waals surface area contributed by atoms with Crippen LogP contribution >= 0.6 is 11.8 Å². The van der Waals surface area contributed by atoms with Gasteiger partial charge in [0.15, 0.2) is 8.07 Å². The molecular formula is C51H38BNSSi. The van der Waals surface area contributed by atoms with E-state index in [9.17, 15) is 0 Å². The first kappa shape index (κ1) is 32.6. The number of para-hydroxylation sites is 1. The fourth-order valence-electron chi connectivity index (χ4n) is 9.78. The normalized spacial score (nSPS) is 14.1. The van der Waals surface area contributed by atoms with Crippen molar-refractivity contribution in [2.45, 2.75) is 30.6 Å². The monoisotopic (exact) mass is 735 g/mol. The average Bonchev–Trinajstić information content (AvgIpc) is 3.50. The first-order valence-electron chi connectivity index (χ1n) is 19.3. The maximum absolute atomic E-state index is 2.75. The number of benzene rings is 8. The van der Waals surface area contributed by atoms with E-state index >= 15 is 0 Å². The van der Waals surface area contributed by atoms with Crippen LogP contribution < -0.4 is 42.0 Å². The van der Waals surface area contributed by atoms with Crippen molar-refractivity contribution < 1.29 is 0 Å². The summed E-state index contributed by atoms with van der Waals surface area (Å²) in [6.07, 6.45) is 0. The molecule has 0 saturated heterocycles. The van der Waals surface area contributed by atoms with Gasteiger partial charge in [-0.1, -0.05) is 174 Å². The van der Waals surface area contributed by atoms with E-state index in [-0.39, 0.29) is 6.71 Å². The number of anilines is 3. The number of aryl methyl sites for hydroxylation is 3. The summed E-state index contributed by atoms with van der Waals surface area (Å²) in [5.74, 6) is 0. The van der Waals surface area contributed by atoms with Crippen LogP contribution in [0.25, 0.3) is 22.3 Å². The Morgan fingerprint density at radius 1 is 0.436 bits per heavy atom. The molecular weight excluding hydrogens is 698 g/mol. The zero-order chi connectivity index (χ0) is 36.8. The zero-order valence-corrected chi connectivity index (χ0v) is 33.0. The van der Waals surface area contributed by atoms with Gasteiger partial charge in [-0.05, 0) is 105 Å². The molecule has 0 atom stereocenters. The van der Waals surface area contributed by atoms with Crippen LogP contribution in [-0.4, -0.2) is 14.8 Å². The maximum atomic E-state index is 2.68. The van der Waals surface area contributed by atoms with E-state index in [0.717, 1.165) is 0 Å². The molecule has 3 aliphatic heterocycles. The summed E-state index contributed by atoms with van der Waals surface area (Å²) in [5.41, 5.74) is 17.0. The lowest BCUT2D eigenvalue weighted by Crippen LogP contribution is -2.73. The van der Waals surface area contributed by atoms with E-state index in [1.54, 1.807) is 0 Å². The first-order chi connectivity index (χ1) is 27.0. The number of fused-ring (bicyclic) bond motifs is 7. The molecule has 0 fully saturated rings. The van der Waals surface area contributed by atoms with Gasteiger partial charge in [0.25, 0.3) is 0 Å². The van der Waals surface area contributed by atoms with E-state index < -0.39 is 8.07 Å². The van der Waals surface area contributed by atoms with Crippen LogP contribution in [0.1, 0.15) is 16.7 Å². The van der Waals surface area contributed by atoms with Gasteiger partial charge >= 0.3 is 0 Å². The van der Waals surface area contributed by atoms with E-state index in [0.29, 0.717) is 0 Å². The Labute approximate surface area is 329 Å². The van der Waals surface area contributed by atoms with Crippen LogP contribution in [0.15, 0.2) is 186 Å². The third-order valence-electron chi connectivity index (χ3n) is 12.2. The summed E-state index contributed by atoms with van der Waals surface area (Å²) in [5, 5.41) is 5.84. The van der Waals surface area contributed by atoms with Crippen molar-refractivity contribution >= 4 is 80.7 Å². The van der Waals surface area contributed by atoms with Gasteiger partial charge in [-0.3, -0.25) is 0 Å². The van der Waals surface area contributed by atoms with Crippen LogP contribution in [0.2, 0.25) is 0 Å². The smallest absolute Gasteiger partial charge is 0.249 e. The van der Waals surface area contributed by atoms with E-state index in [1.165, 1.54) is 103 Å². The Morgan fingerprint density at radius 2 is 1.07 bits per heavy atom. The van der Waals surface area contributed by atoms with Gasteiger partial charge in [-0.25, -0.2) is 0 Å². The highest BCUT2D eigenvalue weighted by molar-refractivity contribution is 8.00. The molecule has 0 bridgehead atoms. The second-order valence-corrected chi connectivity index (χ2v) is 20.3. The minimum atomic E-state index is -2.75. The third-order valence-corrected chi connectivity index (χ3v) is 18.2. The molecule has 0 aromatic heterocycles. The molecule has 11 rings (SSSR count). The minimum absolute atomic E-state index is 0.106. The summed E-state index contributed by atoms with van der Waals surface area (Å²) >= 11 is 1.93. The minimum Gasteiger partial charge on any atom is -0.311 e. The Morgan fingerprint density at radius 3 is 1.82 bits per heavy atom. The van der Waals surface area contributed by atoms with Crippen molar-refractivity contribution in [1.29, 1.82) is 0 Å². The lowest BCUT2D eigenvalue weighted by atomic mass is 9.34. The number of hydrogen-bond donors (Lipinski definition) is 0. The molecule has 3 aliphatic rings. The first-order valence-corrected chi connectivity index (χ1v) is 22.1. The molecule has 1 nitrogen and oxygen atoms in total. The summed E-state index contributed by atoms with van der Waals surface area (Å²) in [4.78, 5) is 5.32. The van der Waals surface area contributed by atoms with Crippen molar-refractivity contribution in [2.75, 3.05) is 4.90 Å². The molecule has 55 heavy (non-hydrogen) atoms. The molecule has 0 amide bonds. The number of hydrogen-bond acceptors (Lipinski definition) is 2. The second-order valence-electron chi connectivity index (χ2n) is 15.5. The molecule has 0 aliphatic carbocycles. The van der Waals surface area contributed by atoms with Crippen molar-refractivity contribution in [3.63, 3.8) is 0 Å². The van der Waals surface area contributed by atoms with Crippen LogP contribution in [-0.2, 0) is 0 Å². The van der Waals surface area contributed by atoms with Gasteiger partial charge in [-0.2, -0.15) is 0 Å². The lowest BCUT2D eigenvalue weighted by Gasteiger charge is -2.42. The Balaban J connectivity index is 1.29. The SMILES string of the molecule is Cc1ccc([Si]2(c3ccc(C)cc3)c3ccccc3-c3cc4c(cc32)B2c3ccccc3Sc3cc(C)cc(c32)N4c2ccccc2-c2ccccc2)cc1. The van der Waals surface area contributed by atoms with Gasteiger partial charge < -0.3 is 4.90 Å². The Hall–Kier alpha value is -5.81. The van der Waals surface area contributed by atoms with E-state index in [2.05, 4.69) is 202 Å². The largest absolute Gasteiger partial charge is 0.311 e. The Kier molecular flexibility index (Phi) is 7.33. The highest BCUT2D eigenvalue weighted by Gasteiger charge is 2.51. The van der Waals surface area contributed by atoms with E-state index in [1.807, 2.05) is 11.8 Å². The topological polar surface area (TPSA) is 3.24 Å². The summed E-state index contributed by atoms with van der Waals surface area (Å²) in [6.45, 7) is 6.77. The quantitative estimate of drug-likeness (QED) is 0.167.